The van der Waals surface area contributed by atoms with E-state index in [2.05, 4.69) is 61.6 Å². The molecule has 0 spiro atoms. The minimum atomic E-state index is 0.336. The normalized spacial score (nSPS) is 12.9. The fourth-order valence-electron chi connectivity index (χ4n) is 2.43. The second-order valence-electron chi connectivity index (χ2n) is 4.83. The predicted octanol–water partition coefficient (Wildman–Crippen LogP) is 5.22. The first-order chi connectivity index (χ1) is 9.81. The third kappa shape index (κ3) is 2.66. The lowest BCUT2D eigenvalue weighted by Gasteiger charge is -2.14. The van der Waals surface area contributed by atoms with Gasteiger partial charge in [-0.2, -0.15) is 0 Å². The quantitative estimate of drug-likeness (QED) is 0.681. The largest absolute Gasteiger partial charge is 0.305 e. The smallest absolute Gasteiger partial charge is 0.0765 e. The molecule has 1 aromatic carbocycles. The van der Waals surface area contributed by atoms with Crippen molar-refractivity contribution in [1.82, 2.24) is 5.32 Å². The van der Waals surface area contributed by atoms with E-state index < -0.39 is 0 Å². The number of thiophene rings is 2. The Morgan fingerprint density at radius 3 is 2.55 bits per heavy atom. The van der Waals surface area contributed by atoms with Gasteiger partial charge in [-0.25, -0.2) is 0 Å². The molecule has 0 saturated heterocycles. The Bertz CT molecular complexity index is 663. The van der Waals surface area contributed by atoms with Crippen LogP contribution >= 0.6 is 22.7 Å². The Hall–Kier alpha value is -1.16. The van der Waals surface area contributed by atoms with Crippen molar-refractivity contribution in [3.05, 3.63) is 57.1 Å². The molecule has 2 heterocycles. The summed E-state index contributed by atoms with van der Waals surface area (Å²) in [5, 5.41) is 4.98. The van der Waals surface area contributed by atoms with E-state index in [-0.39, 0.29) is 0 Å². The van der Waals surface area contributed by atoms with Crippen LogP contribution in [0.1, 0.15) is 34.5 Å². The van der Waals surface area contributed by atoms with Crippen molar-refractivity contribution >= 4 is 32.8 Å². The van der Waals surface area contributed by atoms with Gasteiger partial charge in [0.15, 0.2) is 0 Å². The molecule has 0 radical (unpaired) electrons. The van der Waals surface area contributed by atoms with Gasteiger partial charge < -0.3 is 5.32 Å². The third-order valence-corrected chi connectivity index (χ3v) is 5.93. The van der Waals surface area contributed by atoms with Crippen LogP contribution in [0.25, 0.3) is 10.1 Å². The maximum atomic E-state index is 3.63. The third-order valence-electron chi connectivity index (χ3n) is 3.45. The molecule has 3 heteroatoms. The van der Waals surface area contributed by atoms with E-state index in [0.717, 1.165) is 13.0 Å². The summed E-state index contributed by atoms with van der Waals surface area (Å²) in [5.41, 5.74) is 0. The monoisotopic (exact) mass is 301 g/mol. The van der Waals surface area contributed by atoms with Crippen LogP contribution < -0.4 is 5.32 Å². The van der Waals surface area contributed by atoms with Gasteiger partial charge in [-0.15, -0.1) is 22.7 Å². The lowest BCUT2D eigenvalue weighted by atomic mass is 10.1. The second kappa shape index (κ2) is 6.08. The maximum Gasteiger partial charge on any atom is 0.0765 e. The summed E-state index contributed by atoms with van der Waals surface area (Å²) in [6.07, 6.45) is 1.12. The number of nitrogens with one attached hydrogen (secondary N) is 1. The Kier molecular flexibility index (Phi) is 4.20. The molecule has 0 fully saturated rings. The molecular weight excluding hydrogens is 282 g/mol. The summed E-state index contributed by atoms with van der Waals surface area (Å²) >= 11 is 3.83. The molecule has 0 aliphatic heterocycles. The molecule has 1 atom stereocenters. The predicted molar refractivity (Wildman–Crippen MR) is 91.0 cm³/mol. The van der Waals surface area contributed by atoms with Gasteiger partial charge in [0, 0.05) is 19.3 Å². The number of benzene rings is 1. The molecular formula is C17H19NS2. The van der Waals surface area contributed by atoms with Crippen molar-refractivity contribution in [2.24, 2.45) is 0 Å². The number of aryl methyl sites for hydroxylation is 1. The van der Waals surface area contributed by atoms with E-state index in [4.69, 9.17) is 0 Å². The zero-order valence-electron chi connectivity index (χ0n) is 11.8. The zero-order chi connectivity index (χ0) is 13.9. The molecule has 0 aliphatic rings. The number of hydrogen-bond acceptors (Lipinski definition) is 3. The number of hydrogen-bond donors (Lipinski definition) is 1. The van der Waals surface area contributed by atoms with Crippen LogP contribution in [-0.4, -0.2) is 6.54 Å². The number of rotatable bonds is 5. The molecule has 0 saturated carbocycles. The highest BCUT2D eigenvalue weighted by molar-refractivity contribution is 7.19. The summed E-state index contributed by atoms with van der Waals surface area (Å²) in [5.74, 6) is 0. The van der Waals surface area contributed by atoms with E-state index in [9.17, 15) is 0 Å². The first-order valence-corrected chi connectivity index (χ1v) is 8.75. The molecule has 3 aromatic rings. The Balaban J connectivity index is 2.00. The molecule has 104 valence electrons. The lowest BCUT2D eigenvalue weighted by molar-refractivity contribution is 0.649. The van der Waals surface area contributed by atoms with Crippen LogP contribution in [0.15, 0.2) is 42.5 Å². The Morgan fingerprint density at radius 1 is 1.00 bits per heavy atom. The summed E-state index contributed by atoms with van der Waals surface area (Å²) in [7, 11) is 0. The van der Waals surface area contributed by atoms with Gasteiger partial charge in [-0.05, 0) is 42.6 Å². The van der Waals surface area contributed by atoms with Crippen molar-refractivity contribution in [1.29, 1.82) is 0 Å². The van der Waals surface area contributed by atoms with Crippen LogP contribution in [0.4, 0.5) is 0 Å². The number of fused-ring (bicyclic) bond motifs is 1. The van der Waals surface area contributed by atoms with Crippen molar-refractivity contribution < 1.29 is 0 Å². The van der Waals surface area contributed by atoms with Crippen molar-refractivity contribution in [2.45, 2.75) is 26.3 Å². The van der Waals surface area contributed by atoms with Crippen LogP contribution in [0, 0.1) is 0 Å². The van der Waals surface area contributed by atoms with Crippen molar-refractivity contribution in [3.63, 3.8) is 0 Å². The van der Waals surface area contributed by atoms with Gasteiger partial charge in [-0.1, -0.05) is 32.0 Å². The molecule has 20 heavy (non-hydrogen) atoms. The van der Waals surface area contributed by atoms with Gasteiger partial charge in [-0.3, -0.25) is 0 Å². The maximum absolute atomic E-state index is 3.63. The second-order valence-corrected chi connectivity index (χ2v) is 7.15. The Labute approximate surface area is 128 Å². The Morgan fingerprint density at radius 2 is 1.85 bits per heavy atom. The van der Waals surface area contributed by atoms with Crippen LogP contribution in [0.2, 0.25) is 0 Å². The zero-order valence-corrected chi connectivity index (χ0v) is 13.5. The van der Waals surface area contributed by atoms with E-state index in [1.807, 2.05) is 22.7 Å². The van der Waals surface area contributed by atoms with Crippen molar-refractivity contribution in [2.75, 3.05) is 6.54 Å². The van der Waals surface area contributed by atoms with Crippen LogP contribution in [0.5, 0.6) is 0 Å². The summed E-state index contributed by atoms with van der Waals surface area (Å²) in [6, 6.07) is 15.8. The van der Waals surface area contributed by atoms with E-state index >= 15 is 0 Å². The summed E-state index contributed by atoms with van der Waals surface area (Å²) in [4.78, 5) is 4.30. The van der Waals surface area contributed by atoms with Gasteiger partial charge in [0.05, 0.1) is 6.04 Å². The molecule has 1 nitrogen and oxygen atoms in total. The molecule has 0 aliphatic carbocycles. The van der Waals surface area contributed by atoms with Gasteiger partial charge >= 0.3 is 0 Å². The summed E-state index contributed by atoms with van der Waals surface area (Å²) < 4.78 is 1.37. The van der Waals surface area contributed by atoms with Gasteiger partial charge in [0.1, 0.15) is 0 Å². The topological polar surface area (TPSA) is 12.0 Å². The van der Waals surface area contributed by atoms with Gasteiger partial charge in [0.2, 0.25) is 0 Å². The highest BCUT2D eigenvalue weighted by Gasteiger charge is 2.17. The standard InChI is InChI=1S/C17H19NS2/c1-3-13-9-10-15(19-13)17(18-4-2)16-11-12-7-5-6-8-14(12)20-16/h5-11,17-18H,3-4H2,1-2H3. The SMILES string of the molecule is CCNC(c1ccc(CC)s1)c1cc2ccccc2s1. The van der Waals surface area contributed by atoms with Crippen LogP contribution in [0.3, 0.4) is 0 Å². The lowest BCUT2D eigenvalue weighted by Crippen LogP contribution is -2.20. The average Bonchev–Trinajstić information content (AvgIpc) is 3.10. The van der Waals surface area contributed by atoms with E-state index in [1.165, 1.54) is 24.7 Å². The molecule has 0 amide bonds. The van der Waals surface area contributed by atoms with E-state index in [1.54, 1.807) is 0 Å². The highest BCUT2D eigenvalue weighted by atomic mass is 32.1. The highest BCUT2D eigenvalue weighted by Crippen LogP contribution is 2.35. The van der Waals surface area contributed by atoms with Gasteiger partial charge in [0.25, 0.3) is 0 Å². The fourth-order valence-corrected chi connectivity index (χ4v) is 4.71. The average molecular weight is 301 g/mol. The minimum Gasteiger partial charge on any atom is -0.305 e. The molecule has 3 rings (SSSR count). The minimum absolute atomic E-state index is 0.336. The fraction of sp³-hybridized carbons (Fsp3) is 0.294. The van der Waals surface area contributed by atoms with Crippen LogP contribution in [-0.2, 0) is 6.42 Å². The molecule has 0 bridgehead atoms. The molecule has 1 unspecified atom stereocenters. The molecule has 2 aromatic heterocycles. The van der Waals surface area contributed by atoms with Crippen molar-refractivity contribution in [3.8, 4) is 0 Å². The first-order valence-electron chi connectivity index (χ1n) is 7.12. The molecule has 1 N–H and O–H groups in total. The summed E-state index contributed by atoms with van der Waals surface area (Å²) in [6.45, 7) is 5.38. The first kappa shape index (κ1) is 13.8. The van der Waals surface area contributed by atoms with E-state index in [0.29, 0.717) is 6.04 Å².